The van der Waals surface area contributed by atoms with Gasteiger partial charge in [0.2, 0.25) is 0 Å². The van der Waals surface area contributed by atoms with Crippen LogP contribution in [0.2, 0.25) is 5.02 Å². The standard InChI is InChI=1S/C12H16ClNO3/c1-7(14-3)9-4-5-11(10(13)6-9)17-8(2)12(15)16/h4-8,14H,1-3H3,(H,15,16). The topological polar surface area (TPSA) is 58.6 Å². The van der Waals surface area contributed by atoms with Crippen LogP contribution in [-0.4, -0.2) is 24.2 Å². The first-order valence-electron chi connectivity index (χ1n) is 5.32. The number of ether oxygens (including phenoxy) is 1. The number of carboxylic acids is 1. The Kier molecular flexibility index (Phi) is 4.78. The first kappa shape index (κ1) is 13.8. The molecule has 0 spiro atoms. The van der Waals surface area contributed by atoms with Crippen LogP contribution in [0.4, 0.5) is 0 Å². The summed E-state index contributed by atoms with van der Waals surface area (Å²) < 4.78 is 5.22. The Morgan fingerprint density at radius 2 is 2.12 bits per heavy atom. The molecule has 1 rings (SSSR count). The number of hydrogen-bond donors (Lipinski definition) is 2. The number of rotatable bonds is 5. The van der Waals surface area contributed by atoms with Crippen LogP contribution in [0.1, 0.15) is 25.5 Å². The average Bonchev–Trinajstić information content (AvgIpc) is 2.30. The zero-order valence-corrected chi connectivity index (χ0v) is 10.8. The van der Waals surface area contributed by atoms with Gasteiger partial charge in [-0.15, -0.1) is 0 Å². The number of carbonyl (C=O) groups is 1. The molecule has 0 aliphatic carbocycles. The van der Waals surface area contributed by atoms with E-state index in [-0.39, 0.29) is 6.04 Å². The van der Waals surface area contributed by atoms with Crippen molar-refractivity contribution in [1.82, 2.24) is 5.32 Å². The lowest BCUT2D eigenvalue weighted by atomic mass is 10.1. The van der Waals surface area contributed by atoms with Crippen molar-refractivity contribution >= 4 is 17.6 Å². The average molecular weight is 258 g/mol. The third kappa shape index (κ3) is 3.61. The van der Waals surface area contributed by atoms with E-state index in [0.717, 1.165) is 5.56 Å². The lowest BCUT2D eigenvalue weighted by molar-refractivity contribution is -0.144. The quantitative estimate of drug-likeness (QED) is 0.851. The van der Waals surface area contributed by atoms with Gasteiger partial charge in [0.05, 0.1) is 5.02 Å². The zero-order valence-electron chi connectivity index (χ0n) is 10.0. The smallest absolute Gasteiger partial charge is 0.344 e. The minimum absolute atomic E-state index is 0.179. The third-order valence-electron chi connectivity index (χ3n) is 2.54. The van der Waals surface area contributed by atoms with E-state index >= 15 is 0 Å². The van der Waals surface area contributed by atoms with Crippen LogP contribution in [0, 0.1) is 0 Å². The van der Waals surface area contributed by atoms with Crippen molar-refractivity contribution in [2.45, 2.75) is 26.0 Å². The normalized spacial score (nSPS) is 14.1. The fourth-order valence-electron chi connectivity index (χ4n) is 1.29. The van der Waals surface area contributed by atoms with Gasteiger partial charge in [-0.2, -0.15) is 0 Å². The van der Waals surface area contributed by atoms with E-state index < -0.39 is 12.1 Å². The fourth-order valence-corrected chi connectivity index (χ4v) is 1.52. The van der Waals surface area contributed by atoms with Gasteiger partial charge in [-0.05, 0) is 38.6 Å². The van der Waals surface area contributed by atoms with Crippen molar-refractivity contribution in [2.75, 3.05) is 7.05 Å². The van der Waals surface area contributed by atoms with E-state index in [1.807, 2.05) is 20.0 Å². The molecule has 0 amide bonds. The molecule has 17 heavy (non-hydrogen) atoms. The highest BCUT2D eigenvalue weighted by Crippen LogP contribution is 2.28. The molecule has 0 bridgehead atoms. The van der Waals surface area contributed by atoms with E-state index in [1.54, 1.807) is 12.1 Å². The molecule has 2 unspecified atom stereocenters. The molecule has 94 valence electrons. The molecule has 0 saturated heterocycles. The van der Waals surface area contributed by atoms with Gasteiger partial charge in [-0.3, -0.25) is 0 Å². The highest BCUT2D eigenvalue weighted by Gasteiger charge is 2.15. The van der Waals surface area contributed by atoms with Gasteiger partial charge in [0.25, 0.3) is 0 Å². The lowest BCUT2D eigenvalue weighted by Gasteiger charge is -2.15. The summed E-state index contributed by atoms with van der Waals surface area (Å²) in [6.45, 7) is 3.47. The van der Waals surface area contributed by atoms with Crippen molar-refractivity contribution in [3.05, 3.63) is 28.8 Å². The van der Waals surface area contributed by atoms with Crippen molar-refractivity contribution in [3.8, 4) is 5.75 Å². The molecular weight excluding hydrogens is 242 g/mol. The summed E-state index contributed by atoms with van der Waals surface area (Å²) in [4.78, 5) is 10.7. The van der Waals surface area contributed by atoms with Gasteiger partial charge >= 0.3 is 5.97 Å². The molecule has 1 aromatic carbocycles. The van der Waals surface area contributed by atoms with Crippen LogP contribution in [-0.2, 0) is 4.79 Å². The highest BCUT2D eigenvalue weighted by atomic mass is 35.5. The van der Waals surface area contributed by atoms with Gasteiger partial charge in [0.15, 0.2) is 6.10 Å². The van der Waals surface area contributed by atoms with Crippen LogP contribution in [0.15, 0.2) is 18.2 Å². The summed E-state index contributed by atoms with van der Waals surface area (Å²) in [6.07, 6.45) is -0.917. The first-order valence-corrected chi connectivity index (χ1v) is 5.69. The Balaban J connectivity index is 2.86. The SMILES string of the molecule is CNC(C)c1ccc(OC(C)C(=O)O)c(Cl)c1. The molecule has 0 aliphatic heterocycles. The van der Waals surface area contributed by atoms with Crippen LogP contribution in [0.3, 0.4) is 0 Å². The summed E-state index contributed by atoms with van der Waals surface area (Å²) >= 11 is 6.03. The number of nitrogens with one attached hydrogen (secondary N) is 1. The van der Waals surface area contributed by atoms with Gasteiger partial charge in [0.1, 0.15) is 5.75 Å². The van der Waals surface area contributed by atoms with Crippen LogP contribution < -0.4 is 10.1 Å². The predicted molar refractivity (Wildman–Crippen MR) is 66.7 cm³/mol. The first-order chi connectivity index (χ1) is 7.95. The molecule has 0 fully saturated rings. The maximum absolute atomic E-state index is 10.7. The minimum Gasteiger partial charge on any atom is -0.479 e. The Hall–Kier alpha value is -1.26. The van der Waals surface area contributed by atoms with E-state index in [2.05, 4.69) is 5.32 Å². The second-order valence-electron chi connectivity index (χ2n) is 3.80. The summed E-state index contributed by atoms with van der Waals surface area (Å²) in [7, 11) is 1.86. The van der Waals surface area contributed by atoms with E-state index in [0.29, 0.717) is 10.8 Å². The van der Waals surface area contributed by atoms with Crippen LogP contribution in [0.25, 0.3) is 0 Å². The Morgan fingerprint density at radius 1 is 1.47 bits per heavy atom. The molecule has 0 aromatic heterocycles. The molecule has 2 atom stereocenters. The zero-order chi connectivity index (χ0) is 13.0. The monoisotopic (exact) mass is 257 g/mol. The fraction of sp³-hybridized carbons (Fsp3) is 0.417. The number of aliphatic carboxylic acids is 1. The third-order valence-corrected chi connectivity index (χ3v) is 2.84. The largest absolute Gasteiger partial charge is 0.479 e. The van der Waals surface area contributed by atoms with E-state index in [1.165, 1.54) is 6.92 Å². The second kappa shape index (κ2) is 5.89. The molecule has 1 aromatic rings. The van der Waals surface area contributed by atoms with Crippen molar-refractivity contribution < 1.29 is 14.6 Å². The Labute approximate surface area is 106 Å². The van der Waals surface area contributed by atoms with Gasteiger partial charge in [-0.1, -0.05) is 17.7 Å². The number of benzene rings is 1. The molecular formula is C12H16ClNO3. The van der Waals surface area contributed by atoms with Crippen molar-refractivity contribution in [3.63, 3.8) is 0 Å². The lowest BCUT2D eigenvalue weighted by Crippen LogP contribution is -2.23. The summed E-state index contributed by atoms with van der Waals surface area (Å²) in [5.41, 5.74) is 1.02. The molecule has 0 heterocycles. The summed E-state index contributed by atoms with van der Waals surface area (Å²) in [6, 6.07) is 5.49. The molecule has 0 radical (unpaired) electrons. The molecule has 0 aliphatic rings. The van der Waals surface area contributed by atoms with Crippen LogP contribution in [0.5, 0.6) is 5.75 Å². The van der Waals surface area contributed by atoms with Gasteiger partial charge in [-0.25, -0.2) is 4.79 Å². The predicted octanol–water partition coefficient (Wildman–Crippen LogP) is 2.47. The number of carboxylic acid groups (broad SMARTS) is 1. The number of hydrogen-bond acceptors (Lipinski definition) is 3. The molecule has 0 saturated carbocycles. The van der Waals surface area contributed by atoms with Gasteiger partial charge in [0, 0.05) is 6.04 Å². The molecule has 5 heteroatoms. The van der Waals surface area contributed by atoms with Gasteiger partial charge < -0.3 is 15.2 Å². The van der Waals surface area contributed by atoms with E-state index in [4.69, 9.17) is 21.4 Å². The van der Waals surface area contributed by atoms with Crippen molar-refractivity contribution in [2.24, 2.45) is 0 Å². The van der Waals surface area contributed by atoms with Crippen LogP contribution >= 0.6 is 11.6 Å². The molecule has 2 N–H and O–H groups in total. The van der Waals surface area contributed by atoms with Crippen molar-refractivity contribution in [1.29, 1.82) is 0 Å². The summed E-state index contributed by atoms with van der Waals surface area (Å²) in [5, 5.41) is 12.2. The summed E-state index contributed by atoms with van der Waals surface area (Å²) in [5.74, 6) is -0.637. The second-order valence-corrected chi connectivity index (χ2v) is 4.21. The minimum atomic E-state index is -1.02. The maximum Gasteiger partial charge on any atom is 0.344 e. The Bertz CT molecular complexity index is 409. The Morgan fingerprint density at radius 3 is 2.59 bits per heavy atom. The number of halogens is 1. The van der Waals surface area contributed by atoms with E-state index in [9.17, 15) is 4.79 Å². The molecule has 4 nitrogen and oxygen atoms in total. The maximum atomic E-state index is 10.7. The highest BCUT2D eigenvalue weighted by molar-refractivity contribution is 6.32.